The molecule has 0 aliphatic heterocycles. The quantitative estimate of drug-likeness (QED) is 0.789. The van der Waals surface area contributed by atoms with Crippen molar-refractivity contribution in [2.75, 3.05) is 12.3 Å². The van der Waals surface area contributed by atoms with E-state index >= 15 is 0 Å². The van der Waals surface area contributed by atoms with Crippen LogP contribution < -0.4 is 15.8 Å². The molecule has 0 saturated heterocycles. The van der Waals surface area contributed by atoms with Crippen LogP contribution in [0.1, 0.15) is 26.3 Å². The Morgan fingerprint density at radius 1 is 1.47 bits per heavy atom. The minimum atomic E-state index is -0.190. The number of carbonyl (C=O) groups excluding carboxylic acids is 1. The van der Waals surface area contributed by atoms with Crippen LogP contribution in [0.25, 0.3) is 0 Å². The van der Waals surface area contributed by atoms with Gasteiger partial charge in [-0.3, -0.25) is 4.79 Å². The molecule has 0 saturated carbocycles. The minimum Gasteiger partial charge on any atom is -0.482 e. The highest BCUT2D eigenvalue weighted by Crippen LogP contribution is 2.21. The predicted octanol–water partition coefficient (Wildman–Crippen LogP) is 1.68. The fourth-order valence-corrected chi connectivity index (χ4v) is 1.36. The highest BCUT2D eigenvalue weighted by molar-refractivity contribution is 5.78. The third-order valence-electron chi connectivity index (χ3n) is 2.89. The van der Waals surface area contributed by atoms with Crippen molar-refractivity contribution in [3.05, 3.63) is 23.8 Å². The lowest BCUT2D eigenvalue weighted by atomic mass is 10.1. The number of nitrogens with one attached hydrogen (secondary N) is 1. The van der Waals surface area contributed by atoms with Crippen molar-refractivity contribution in [1.82, 2.24) is 5.32 Å². The summed E-state index contributed by atoms with van der Waals surface area (Å²) in [7, 11) is 0. The van der Waals surface area contributed by atoms with Gasteiger partial charge in [0.25, 0.3) is 5.91 Å². The van der Waals surface area contributed by atoms with Crippen molar-refractivity contribution in [3.63, 3.8) is 0 Å². The highest BCUT2D eigenvalue weighted by atomic mass is 16.5. The smallest absolute Gasteiger partial charge is 0.258 e. The van der Waals surface area contributed by atoms with Crippen LogP contribution in [-0.2, 0) is 4.79 Å². The lowest BCUT2D eigenvalue weighted by Gasteiger charge is -2.17. The van der Waals surface area contributed by atoms with Crippen LogP contribution in [0.2, 0.25) is 0 Å². The second-order valence-electron chi connectivity index (χ2n) is 4.75. The van der Waals surface area contributed by atoms with E-state index < -0.39 is 0 Å². The summed E-state index contributed by atoms with van der Waals surface area (Å²) in [4.78, 5) is 11.6. The Balaban J connectivity index is 2.53. The fourth-order valence-electron chi connectivity index (χ4n) is 1.36. The molecule has 19 heavy (non-hydrogen) atoms. The number of nitriles is 1. The molecule has 102 valence electrons. The average Bonchev–Trinajstić information content (AvgIpc) is 2.36. The number of nitrogen functional groups attached to an aromatic ring is 1. The van der Waals surface area contributed by atoms with Crippen LogP contribution >= 0.6 is 0 Å². The average molecular weight is 261 g/mol. The van der Waals surface area contributed by atoms with Crippen LogP contribution in [0.3, 0.4) is 0 Å². The maximum Gasteiger partial charge on any atom is 0.258 e. The van der Waals surface area contributed by atoms with Crippen LogP contribution in [0.5, 0.6) is 5.75 Å². The van der Waals surface area contributed by atoms with Gasteiger partial charge in [0.15, 0.2) is 6.61 Å². The number of benzene rings is 1. The molecule has 1 unspecified atom stereocenters. The first-order valence-corrected chi connectivity index (χ1v) is 6.15. The number of nitrogens with zero attached hydrogens (tertiary/aromatic N) is 1. The van der Waals surface area contributed by atoms with Crippen molar-refractivity contribution in [2.45, 2.75) is 26.8 Å². The van der Waals surface area contributed by atoms with Gasteiger partial charge in [-0.25, -0.2) is 0 Å². The maximum atomic E-state index is 11.6. The Morgan fingerprint density at radius 3 is 2.68 bits per heavy atom. The molecule has 0 fully saturated rings. The van der Waals surface area contributed by atoms with Crippen LogP contribution in [0.4, 0.5) is 5.69 Å². The topological polar surface area (TPSA) is 88.1 Å². The molecule has 1 rings (SSSR count). The molecule has 0 aromatic heterocycles. The van der Waals surface area contributed by atoms with Gasteiger partial charge in [0.1, 0.15) is 5.75 Å². The molecule has 5 heteroatoms. The van der Waals surface area contributed by atoms with E-state index in [4.69, 9.17) is 15.7 Å². The standard InChI is InChI=1S/C14H19N3O2/c1-9(2)10(3)17-14(18)8-19-13-5-4-11(7-15)6-12(13)16/h4-6,9-10H,8,16H2,1-3H3,(H,17,18). The van der Waals surface area contributed by atoms with Crippen LogP contribution in [-0.4, -0.2) is 18.6 Å². The van der Waals surface area contributed by atoms with Crippen molar-refractivity contribution < 1.29 is 9.53 Å². The molecule has 0 aliphatic rings. The van der Waals surface area contributed by atoms with Crippen molar-refractivity contribution >= 4 is 11.6 Å². The second kappa shape index (κ2) is 6.64. The van der Waals surface area contributed by atoms with Gasteiger partial charge in [0.05, 0.1) is 17.3 Å². The fraction of sp³-hybridized carbons (Fsp3) is 0.429. The Hall–Kier alpha value is -2.22. The number of hydrogen-bond donors (Lipinski definition) is 2. The SMILES string of the molecule is CC(C)C(C)NC(=O)COc1ccc(C#N)cc1N. The molecule has 3 N–H and O–H groups in total. The van der Waals surface area contributed by atoms with Gasteiger partial charge in [-0.2, -0.15) is 5.26 Å². The zero-order chi connectivity index (χ0) is 14.4. The Morgan fingerprint density at radius 2 is 2.16 bits per heavy atom. The molecule has 5 nitrogen and oxygen atoms in total. The number of amides is 1. The number of carbonyl (C=O) groups is 1. The summed E-state index contributed by atoms with van der Waals surface area (Å²) in [6, 6.07) is 6.78. The molecule has 0 aliphatic carbocycles. The lowest BCUT2D eigenvalue weighted by Crippen LogP contribution is -2.39. The minimum absolute atomic E-state index is 0.0901. The largest absolute Gasteiger partial charge is 0.482 e. The molecule has 0 spiro atoms. The predicted molar refractivity (Wildman–Crippen MR) is 73.5 cm³/mol. The van der Waals surface area contributed by atoms with E-state index in [-0.39, 0.29) is 18.6 Å². The molecular weight excluding hydrogens is 242 g/mol. The summed E-state index contributed by atoms with van der Waals surface area (Å²) in [5.74, 6) is 0.584. The monoisotopic (exact) mass is 261 g/mol. The van der Waals surface area contributed by atoms with Crippen molar-refractivity contribution in [2.24, 2.45) is 5.92 Å². The molecule has 1 amide bonds. The van der Waals surface area contributed by atoms with Gasteiger partial charge in [0, 0.05) is 6.04 Å². The maximum absolute atomic E-state index is 11.6. The van der Waals surface area contributed by atoms with Crippen LogP contribution in [0, 0.1) is 17.2 Å². The van der Waals surface area contributed by atoms with Gasteiger partial charge in [-0.1, -0.05) is 13.8 Å². The first-order valence-electron chi connectivity index (χ1n) is 6.15. The second-order valence-corrected chi connectivity index (χ2v) is 4.75. The van der Waals surface area contributed by atoms with Crippen molar-refractivity contribution in [1.29, 1.82) is 5.26 Å². The number of hydrogen-bond acceptors (Lipinski definition) is 4. The van der Waals surface area contributed by atoms with Gasteiger partial charge in [0.2, 0.25) is 0 Å². The van der Waals surface area contributed by atoms with E-state index in [1.165, 1.54) is 6.07 Å². The van der Waals surface area contributed by atoms with Gasteiger partial charge in [-0.15, -0.1) is 0 Å². The normalized spacial score (nSPS) is 11.7. The van der Waals surface area contributed by atoms with Gasteiger partial charge >= 0.3 is 0 Å². The summed E-state index contributed by atoms with van der Waals surface area (Å²) >= 11 is 0. The van der Waals surface area contributed by atoms with E-state index in [9.17, 15) is 4.79 Å². The number of anilines is 1. The zero-order valence-electron chi connectivity index (χ0n) is 11.4. The number of rotatable bonds is 5. The lowest BCUT2D eigenvalue weighted by molar-refractivity contribution is -0.123. The summed E-state index contributed by atoms with van der Waals surface area (Å²) in [5.41, 5.74) is 6.54. The Labute approximate surface area is 113 Å². The first-order chi connectivity index (χ1) is 8.93. The molecule has 1 atom stereocenters. The number of nitrogens with two attached hydrogens (primary N) is 1. The van der Waals surface area contributed by atoms with Crippen molar-refractivity contribution in [3.8, 4) is 11.8 Å². The van der Waals surface area contributed by atoms with Crippen LogP contribution in [0.15, 0.2) is 18.2 Å². The molecular formula is C14H19N3O2. The molecule has 1 aromatic rings. The van der Waals surface area contributed by atoms with E-state index in [0.717, 1.165) is 0 Å². The van der Waals surface area contributed by atoms with Gasteiger partial charge < -0.3 is 15.8 Å². The first kappa shape index (κ1) is 14.8. The Bertz CT molecular complexity index is 492. The summed E-state index contributed by atoms with van der Waals surface area (Å²) in [6.07, 6.45) is 0. The zero-order valence-corrected chi connectivity index (χ0v) is 11.4. The third kappa shape index (κ3) is 4.51. The molecule has 0 heterocycles. The van der Waals surface area contributed by atoms with E-state index in [2.05, 4.69) is 5.32 Å². The third-order valence-corrected chi connectivity index (χ3v) is 2.89. The van der Waals surface area contributed by atoms with E-state index in [1.807, 2.05) is 26.8 Å². The molecule has 1 aromatic carbocycles. The van der Waals surface area contributed by atoms with E-state index in [0.29, 0.717) is 22.9 Å². The van der Waals surface area contributed by atoms with Gasteiger partial charge in [-0.05, 0) is 31.0 Å². The summed E-state index contributed by atoms with van der Waals surface area (Å²) < 4.78 is 5.33. The number of ether oxygens (including phenoxy) is 1. The Kier molecular flexibility index (Phi) is 5.19. The highest BCUT2D eigenvalue weighted by Gasteiger charge is 2.11. The molecule has 0 bridgehead atoms. The summed E-state index contributed by atoms with van der Waals surface area (Å²) in [5, 5.41) is 11.5. The van der Waals surface area contributed by atoms with E-state index in [1.54, 1.807) is 12.1 Å². The summed E-state index contributed by atoms with van der Waals surface area (Å²) in [6.45, 7) is 5.92. The molecule has 0 radical (unpaired) electrons.